The molecule has 0 aliphatic heterocycles. The van der Waals surface area contributed by atoms with Crippen LogP contribution in [0.1, 0.15) is 23.6 Å². The van der Waals surface area contributed by atoms with Crippen LogP contribution in [0.3, 0.4) is 0 Å². The fourth-order valence-electron chi connectivity index (χ4n) is 2.15. The predicted octanol–water partition coefficient (Wildman–Crippen LogP) is 4.70. The van der Waals surface area contributed by atoms with Gasteiger partial charge < -0.3 is 11.1 Å². The molecule has 0 aliphatic carbocycles. The lowest BCUT2D eigenvalue weighted by Gasteiger charge is -2.13. The van der Waals surface area contributed by atoms with Gasteiger partial charge in [-0.25, -0.2) is 0 Å². The first kappa shape index (κ1) is 15.0. The molecule has 0 bridgehead atoms. The van der Waals surface area contributed by atoms with Crippen molar-refractivity contribution in [1.82, 2.24) is 0 Å². The number of hydrogen-bond donors (Lipinski definition) is 2. The molecule has 0 unspecified atom stereocenters. The van der Waals surface area contributed by atoms with Gasteiger partial charge in [0.2, 0.25) is 0 Å². The minimum atomic E-state index is 0.437. The van der Waals surface area contributed by atoms with E-state index in [4.69, 9.17) is 18.0 Å². The zero-order chi connectivity index (χ0) is 14.7. The van der Waals surface area contributed by atoms with E-state index < -0.39 is 0 Å². The maximum atomic E-state index is 5.69. The van der Waals surface area contributed by atoms with Gasteiger partial charge in [-0.3, -0.25) is 0 Å². The predicted molar refractivity (Wildman–Crippen MR) is 93.9 cm³/mol. The second kappa shape index (κ2) is 6.37. The van der Waals surface area contributed by atoms with Crippen LogP contribution in [0.4, 0.5) is 11.4 Å². The van der Waals surface area contributed by atoms with Gasteiger partial charge in [-0.05, 0) is 60.9 Å². The minimum absolute atomic E-state index is 0.437. The summed E-state index contributed by atoms with van der Waals surface area (Å²) in [6, 6.07) is 12.3. The molecule has 0 saturated heterocycles. The Kier molecular flexibility index (Phi) is 4.78. The number of thiocarbonyl (C=S) groups is 1. The number of rotatable bonds is 4. The van der Waals surface area contributed by atoms with Crippen LogP contribution >= 0.6 is 28.1 Å². The first-order valence-electron chi connectivity index (χ1n) is 6.47. The molecule has 0 spiro atoms. The van der Waals surface area contributed by atoms with E-state index >= 15 is 0 Å². The van der Waals surface area contributed by atoms with Gasteiger partial charge in [-0.2, -0.15) is 0 Å². The van der Waals surface area contributed by atoms with Crippen molar-refractivity contribution in [3.8, 4) is 0 Å². The van der Waals surface area contributed by atoms with Gasteiger partial charge in [-0.15, -0.1) is 0 Å². The van der Waals surface area contributed by atoms with Crippen LogP contribution in [0.5, 0.6) is 0 Å². The average Bonchev–Trinajstić information content (AvgIpc) is 2.40. The SMILES string of the molecule is CCc1cc(Br)ccc1Nc1ccc(C(N)=S)c(C)c1. The fourth-order valence-corrected chi connectivity index (χ4v) is 2.79. The van der Waals surface area contributed by atoms with Crippen molar-refractivity contribution in [1.29, 1.82) is 0 Å². The number of anilines is 2. The van der Waals surface area contributed by atoms with Crippen LogP contribution in [-0.4, -0.2) is 4.99 Å². The van der Waals surface area contributed by atoms with Crippen LogP contribution in [0, 0.1) is 6.92 Å². The summed E-state index contributed by atoms with van der Waals surface area (Å²) in [5.41, 5.74) is 11.1. The molecule has 0 saturated carbocycles. The maximum absolute atomic E-state index is 5.69. The Hall–Kier alpha value is -1.39. The third kappa shape index (κ3) is 3.38. The quantitative estimate of drug-likeness (QED) is 0.786. The van der Waals surface area contributed by atoms with Crippen molar-refractivity contribution in [3.05, 3.63) is 57.6 Å². The van der Waals surface area contributed by atoms with Crippen molar-refractivity contribution in [2.24, 2.45) is 5.73 Å². The van der Waals surface area contributed by atoms with Gasteiger partial charge in [0.15, 0.2) is 0 Å². The van der Waals surface area contributed by atoms with E-state index in [0.717, 1.165) is 33.4 Å². The van der Waals surface area contributed by atoms with E-state index in [1.54, 1.807) is 0 Å². The summed E-state index contributed by atoms with van der Waals surface area (Å²) in [6.45, 7) is 4.16. The molecule has 2 rings (SSSR count). The van der Waals surface area contributed by atoms with E-state index in [1.807, 2.05) is 25.1 Å². The summed E-state index contributed by atoms with van der Waals surface area (Å²) in [7, 11) is 0. The highest BCUT2D eigenvalue weighted by Gasteiger charge is 2.05. The molecule has 104 valence electrons. The molecule has 0 heterocycles. The molecule has 0 atom stereocenters. The molecule has 2 aromatic rings. The van der Waals surface area contributed by atoms with E-state index in [-0.39, 0.29) is 0 Å². The summed E-state index contributed by atoms with van der Waals surface area (Å²) in [6.07, 6.45) is 0.978. The largest absolute Gasteiger partial charge is 0.389 e. The van der Waals surface area contributed by atoms with Crippen LogP contribution in [0.25, 0.3) is 0 Å². The molecule has 0 amide bonds. The molecule has 2 nitrogen and oxygen atoms in total. The Balaban J connectivity index is 2.31. The van der Waals surface area contributed by atoms with Crippen LogP contribution in [0.2, 0.25) is 0 Å². The Morgan fingerprint density at radius 2 is 2.00 bits per heavy atom. The second-order valence-electron chi connectivity index (χ2n) is 4.67. The van der Waals surface area contributed by atoms with Gasteiger partial charge in [0.1, 0.15) is 4.99 Å². The Labute approximate surface area is 133 Å². The number of aryl methyl sites for hydroxylation is 2. The van der Waals surface area contributed by atoms with Crippen molar-refractivity contribution < 1.29 is 0 Å². The first-order valence-corrected chi connectivity index (χ1v) is 7.67. The molecule has 20 heavy (non-hydrogen) atoms. The van der Waals surface area contributed by atoms with Gasteiger partial charge in [0, 0.05) is 21.4 Å². The number of benzene rings is 2. The molecule has 2 aromatic carbocycles. The Bertz CT molecular complexity index is 653. The lowest BCUT2D eigenvalue weighted by Crippen LogP contribution is -2.11. The Morgan fingerprint density at radius 3 is 2.60 bits per heavy atom. The smallest absolute Gasteiger partial charge is 0.104 e. The number of halogens is 1. The van der Waals surface area contributed by atoms with Crippen LogP contribution < -0.4 is 11.1 Å². The highest BCUT2D eigenvalue weighted by atomic mass is 79.9. The first-order chi connectivity index (χ1) is 9.51. The number of nitrogens with two attached hydrogens (primary N) is 1. The standard InChI is InChI=1S/C16H17BrN2S/c1-3-11-9-12(17)4-7-15(11)19-13-5-6-14(16(18)20)10(2)8-13/h4-9,19H,3H2,1-2H3,(H2,18,20). The monoisotopic (exact) mass is 348 g/mol. The summed E-state index contributed by atoms with van der Waals surface area (Å²) in [4.78, 5) is 0.437. The lowest BCUT2D eigenvalue weighted by atomic mass is 10.1. The van der Waals surface area contributed by atoms with E-state index in [0.29, 0.717) is 4.99 Å². The van der Waals surface area contributed by atoms with Crippen molar-refractivity contribution in [2.45, 2.75) is 20.3 Å². The second-order valence-corrected chi connectivity index (χ2v) is 6.03. The topological polar surface area (TPSA) is 38.0 Å². The highest BCUT2D eigenvalue weighted by Crippen LogP contribution is 2.26. The molecular formula is C16H17BrN2S. The maximum Gasteiger partial charge on any atom is 0.104 e. The fraction of sp³-hybridized carbons (Fsp3) is 0.188. The van der Waals surface area contributed by atoms with E-state index in [9.17, 15) is 0 Å². The highest BCUT2D eigenvalue weighted by molar-refractivity contribution is 9.10. The van der Waals surface area contributed by atoms with Gasteiger partial charge in [-0.1, -0.05) is 35.1 Å². The van der Waals surface area contributed by atoms with Crippen molar-refractivity contribution in [2.75, 3.05) is 5.32 Å². The molecule has 4 heteroatoms. The summed E-state index contributed by atoms with van der Waals surface area (Å²) < 4.78 is 1.10. The molecule has 0 aromatic heterocycles. The van der Waals surface area contributed by atoms with Crippen LogP contribution in [-0.2, 0) is 6.42 Å². The molecule has 0 aliphatic rings. The summed E-state index contributed by atoms with van der Waals surface area (Å²) >= 11 is 8.53. The van der Waals surface area contributed by atoms with Crippen molar-refractivity contribution in [3.63, 3.8) is 0 Å². The van der Waals surface area contributed by atoms with Gasteiger partial charge in [0.05, 0.1) is 0 Å². The van der Waals surface area contributed by atoms with Crippen molar-refractivity contribution >= 4 is 44.5 Å². The molecule has 0 fully saturated rings. The van der Waals surface area contributed by atoms with E-state index in [1.165, 1.54) is 5.56 Å². The average molecular weight is 349 g/mol. The minimum Gasteiger partial charge on any atom is -0.389 e. The van der Waals surface area contributed by atoms with Crippen LogP contribution in [0.15, 0.2) is 40.9 Å². The van der Waals surface area contributed by atoms with E-state index in [2.05, 4.69) is 46.4 Å². The zero-order valence-electron chi connectivity index (χ0n) is 11.5. The summed E-state index contributed by atoms with van der Waals surface area (Å²) in [5.74, 6) is 0. The number of nitrogens with one attached hydrogen (secondary N) is 1. The lowest BCUT2D eigenvalue weighted by molar-refractivity contribution is 1.14. The molecule has 0 radical (unpaired) electrons. The van der Waals surface area contributed by atoms with Gasteiger partial charge in [0.25, 0.3) is 0 Å². The normalized spacial score (nSPS) is 10.3. The zero-order valence-corrected chi connectivity index (χ0v) is 13.9. The summed E-state index contributed by atoms with van der Waals surface area (Å²) in [5, 5.41) is 3.45. The number of hydrogen-bond acceptors (Lipinski definition) is 2. The molecule has 3 N–H and O–H groups in total. The third-order valence-electron chi connectivity index (χ3n) is 3.22. The molecular weight excluding hydrogens is 332 g/mol. The Morgan fingerprint density at radius 1 is 1.25 bits per heavy atom. The van der Waals surface area contributed by atoms with Gasteiger partial charge >= 0.3 is 0 Å². The third-order valence-corrected chi connectivity index (χ3v) is 3.93.